The van der Waals surface area contributed by atoms with Crippen LogP contribution in [0.3, 0.4) is 0 Å². The Hall–Kier alpha value is -2.47. The summed E-state index contributed by atoms with van der Waals surface area (Å²) in [5.74, 6) is 0.820. The minimum Gasteiger partial charge on any atom is -0.355 e. The number of rotatable bonds is 3. The minimum absolute atomic E-state index is 0.516. The Morgan fingerprint density at radius 1 is 1.14 bits per heavy atom. The third-order valence-corrected chi connectivity index (χ3v) is 3.52. The molecule has 22 heavy (non-hydrogen) atoms. The summed E-state index contributed by atoms with van der Waals surface area (Å²) < 4.78 is 1.94. The first-order valence-electron chi connectivity index (χ1n) is 7.03. The average Bonchev–Trinajstić information content (AvgIpc) is 2.87. The Labute approximate surface area is 134 Å². The van der Waals surface area contributed by atoms with Crippen molar-refractivity contribution in [1.82, 2.24) is 19.9 Å². The summed E-state index contributed by atoms with van der Waals surface area (Å²) in [7, 11) is 0. The van der Waals surface area contributed by atoms with E-state index in [0.29, 0.717) is 11.7 Å². The van der Waals surface area contributed by atoms with Gasteiger partial charge in [0, 0.05) is 11.9 Å². The molecule has 0 saturated heterocycles. The molecule has 0 spiro atoms. The molecule has 0 aliphatic heterocycles. The molecule has 0 fully saturated rings. The van der Waals surface area contributed by atoms with E-state index < -0.39 is 0 Å². The molecule has 3 aromatic rings. The number of hydrogen-bond donors (Lipinski definition) is 2. The number of pyridine rings is 1. The summed E-state index contributed by atoms with van der Waals surface area (Å²) in [5, 5.41) is 15.2. The van der Waals surface area contributed by atoms with Crippen molar-refractivity contribution in [2.75, 3.05) is 5.32 Å². The van der Waals surface area contributed by atoms with Gasteiger partial charge in [-0.25, -0.2) is 0 Å². The summed E-state index contributed by atoms with van der Waals surface area (Å²) in [6, 6.07) is 12.1. The van der Waals surface area contributed by atoms with Crippen molar-refractivity contribution in [2.24, 2.45) is 0 Å². The molecular weight excluding hydrogens is 294 g/mol. The fraction of sp³-hybridized carbons (Fsp3) is 0.188. The summed E-state index contributed by atoms with van der Waals surface area (Å²) >= 11 is 5.34. The van der Waals surface area contributed by atoms with Crippen LogP contribution in [0, 0.1) is 13.8 Å². The van der Waals surface area contributed by atoms with Crippen molar-refractivity contribution >= 4 is 28.7 Å². The SMILES string of the molecule is Cc1cc(C)cc(NC(=S)NCc2nnc3ccccn23)c1. The number of aromatic nitrogens is 3. The second-order valence-corrected chi connectivity index (χ2v) is 5.64. The minimum atomic E-state index is 0.516. The maximum atomic E-state index is 5.34. The first-order valence-corrected chi connectivity index (χ1v) is 7.44. The van der Waals surface area contributed by atoms with Gasteiger partial charge in [-0.05, 0) is 61.5 Å². The summed E-state index contributed by atoms with van der Waals surface area (Å²) in [4.78, 5) is 0. The van der Waals surface area contributed by atoms with E-state index in [1.54, 1.807) is 0 Å². The number of aryl methyl sites for hydroxylation is 2. The number of hydrogen-bond acceptors (Lipinski definition) is 3. The number of nitrogens with zero attached hydrogens (tertiary/aromatic N) is 3. The molecule has 0 amide bonds. The van der Waals surface area contributed by atoms with Crippen LogP contribution in [0.2, 0.25) is 0 Å². The number of fused-ring (bicyclic) bond motifs is 1. The molecule has 0 bridgehead atoms. The van der Waals surface area contributed by atoms with Crippen molar-refractivity contribution in [3.8, 4) is 0 Å². The largest absolute Gasteiger partial charge is 0.355 e. The van der Waals surface area contributed by atoms with Crippen molar-refractivity contribution in [3.63, 3.8) is 0 Å². The second kappa shape index (κ2) is 6.11. The van der Waals surface area contributed by atoms with E-state index in [0.717, 1.165) is 17.2 Å². The molecule has 2 aromatic heterocycles. The monoisotopic (exact) mass is 311 g/mol. The Morgan fingerprint density at radius 3 is 2.68 bits per heavy atom. The van der Waals surface area contributed by atoms with Gasteiger partial charge in [-0.2, -0.15) is 0 Å². The molecule has 0 aliphatic rings. The van der Waals surface area contributed by atoms with E-state index >= 15 is 0 Å². The van der Waals surface area contributed by atoms with Gasteiger partial charge in [0.05, 0.1) is 6.54 Å². The molecule has 0 atom stereocenters. The third kappa shape index (κ3) is 3.23. The lowest BCUT2D eigenvalue weighted by molar-refractivity contribution is 0.813. The normalized spacial score (nSPS) is 10.6. The van der Waals surface area contributed by atoms with E-state index in [1.165, 1.54) is 11.1 Å². The highest BCUT2D eigenvalue weighted by Gasteiger charge is 2.05. The standard InChI is InChI=1S/C16H17N5S/c1-11-7-12(2)9-13(8-11)18-16(22)17-10-15-20-19-14-5-3-4-6-21(14)15/h3-9H,10H2,1-2H3,(H2,17,18,22). The van der Waals surface area contributed by atoms with Crippen LogP contribution in [0.5, 0.6) is 0 Å². The second-order valence-electron chi connectivity index (χ2n) is 5.23. The van der Waals surface area contributed by atoms with Crippen LogP contribution >= 0.6 is 12.2 Å². The predicted octanol–water partition coefficient (Wildman–Crippen LogP) is 2.83. The van der Waals surface area contributed by atoms with Crippen molar-refractivity contribution < 1.29 is 0 Å². The van der Waals surface area contributed by atoms with Crippen LogP contribution in [-0.4, -0.2) is 19.7 Å². The lowest BCUT2D eigenvalue weighted by Crippen LogP contribution is -2.28. The first-order chi connectivity index (χ1) is 10.6. The Bertz CT molecular complexity index is 804. The fourth-order valence-corrected chi connectivity index (χ4v) is 2.58. The van der Waals surface area contributed by atoms with Gasteiger partial charge in [-0.1, -0.05) is 12.1 Å². The molecule has 112 valence electrons. The zero-order valence-corrected chi connectivity index (χ0v) is 13.3. The fourth-order valence-electron chi connectivity index (χ4n) is 2.39. The van der Waals surface area contributed by atoms with Gasteiger partial charge >= 0.3 is 0 Å². The molecule has 5 nitrogen and oxygen atoms in total. The van der Waals surface area contributed by atoms with Gasteiger partial charge in [0.25, 0.3) is 0 Å². The predicted molar refractivity (Wildman–Crippen MR) is 92.0 cm³/mol. The van der Waals surface area contributed by atoms with Gasteiger partial charge in [0.15, 0.2) is 16.6 Å². The third-order valence-electron chi connectivity index (χ3n) is 3.27. The number of nitrogens with one attached hydrogen (secondary N) is 2. The zero-order valence-electron chi connectivity index (χ0n) is 12.5. The van der Waals surface area contributed by atoms with E-state index in [1.807, 2.05) is 28.8 Å². The Balaban J connectivity index is 1.65. The topological polar surface area (TPSA) is 54.2 Å². The van der Waals surface area contributed by atoms with Crippen LogP contribution in [0.25, 0.3) is 5.65 Å². The van der Waals surface area contributed by atoms with Gasteiger partial charge in [-0.3, -0.25) is 4.40 Å². The number of thiocarbonyl (C=S) groups is 1. The number of anilines is 1. The highest BCUT2D eigenvalue weighted by molar-refractivity contribution is 7.80. The van der Waals surface area contributed by atoms with Crippen LogP contribution in [0.1, 0.15) is 17.0 Å². The average molecular weight is 311 g/mol. The van der Waals surface area contributed by atoms with Gasteiger partial charge < -0.3 is 10.6 Å². The molecule has 6 heteroatoms. The molecule has 0 unspecified atom stereocenters. The van der Waals surface area contributed by atoms with E-state index in [2.05, 4.69) is 52.9 Å². The molecule has 3 rings (SSSR count). The zero-order chi connectivity index (χ0) is 15.5. The summed E-state index contributed by atoms with van der Waals surface area (Å²) in [6.07, 6.45) is 1.94. The quantitative estimate of drug-likeness (QED) is 0.729. The maximum absolute atomic E-state index is 5.34. The summed E-state index contributed by atoms with van der Waals surface area (Å²) in [6.45, 7) is 4.65. The van der Waals surface area contributed by atoms with Crippen molar-refractivity contribution in [2.45, 2.75) is 20.4 Å². The Morgan fingerprint density at radius 2 is 1.91 bits per heavy atom. The lowest BCUT2D eigenvalue weighted by atomic mass is 10.1. The molecule has 0 radical (unpaired) electrons. The highest BCUT2D eigenvalue weighted by Crippen LogP contribution is 2.13. The molecule has 2 heterocycles. The first kappa shape index (κ1) is 14.5. The smallest absolute Gasteiger partial charge is 0.171 e. The van der Waals surface area contributed by atoms with Crippen molar-refractivity contribution in [1.29, 1.82) is 0 Å². The summed E-state index contributed by atoms with van der Waals surface area (Å²) in [5.41, 5.74) is 4.22. The maximum Gasteiger partial charge on any atom is 0.171 e. The van der Waals surface area contributed by atoms with E-state index in [4.69, 9.17) is 12.2 Å². The lowest BCUT2D eigenvalue weighted by Gasteiger charge is -2.11. The van der Waals surface area contributed by atoms with Crippen LogP contribution < -0.4 is 10.6 Å². The molecule has 1 aromatic carbocycles. The highest BCUT2D eigenvalue weighted by atomic mass is 32.1. The van der Waals surface area contributed by atoms with Crippen molar-refractivity contribution in [3.05, 3.63) is 59.5 Å². The Kier molecular flexibility index (Phi) is 4.02. The number of benzene rings is 1. The van der Waals surface area contributed by atoms with Crippen LogP contribution in [0.15, 0.2) is 42.6 Å². The van der Waals surface area contributed by atoms with E-state index in [-0.39, 0.29) is 0 Å². The van der Waals surface area contributed by atoms with Gasteiger partial charge in [-0.15, -0.1) is 10.2 Å². The van der Waals surface area contributed by atoms with E-state index in [9.17, 15) is 0 Å². The molecule has 0 saturated carbocycles. The van der Waals surface area contributed by atoms with Gasteiger partial charge in [0.2, 0.25) is 0 Å². The van der Waals surface area contributed by atoms with Crippen LogP contribution in [0.4, 0.5) is 5.69 Å². The molecular formula is C16H17N5S. The molecule has 2 N–H and O–H groups in total. The molecule has 0 aliphatic carbocycles. The van der Waals surface area contributed by atoms with Gasteiger partial charge in [0.1, 0.15) is 0 Å². The van der Waals surface area contributed by atoms with Crippen LogP contribution in [-0.2, 0) is 6.54 Å².